The second kappa shape index (κ2) is 3.97. The van der Waals surface area contributed by atoms with Crippen LogP contribution in [0, 0.1) is 18.6 Å². The fourth-order valence-corrected chi connectivity index (χ4v) is 1.48. The number of anilines is 2. The molecule has 1 heterocycles. The van der Waals surface area contributed by atoms with Gasteiger partial charge in [-0.25, -0.2) is 13.8 Å². The van der Waals surface area contributed by atoms with Crippen LogP contribution < -0.4 is 11.5 Å². The van der Waals surface area contributed by atoms with E-state index >= 15 is 0 Å². The van der Waals surface area contributed by atoms with Gasteiger partial charge in [0.15, 0.2) is 0 Å². The van der Waals surface area contributed by atoms with Gasteiger partial charge >= 0.3 is 0 Å². The Bertz CT molecular complexity index is 564. The number of hydrogen-bond donors (Lipinski definition) is 2. The average Bonchev–Trinajstić information content (AvgIpc) is 2.22. The van der Waals surface area contributed by atoms with E-state index in [1.807, 2.05) is 0 Å². The van der Waals surface area contributed by atoms with Crippen LogP contribution in [0.4, 0.5) is 20.5 Å². The van der Waals surface area contributed by atoms with E-state index in [0.717, 1.165) is 6.07 Å². The Labute approximate surface area is 96.3 Å². The third-order valence-corrected chi connectivity index (χ3v) is 2.29. The SMILES string of the molecule is Cc1cc(-c2cc(N)nc(N)n2)c(F)cc1F. The molecule has 6 heteroatoms. The van der Waals surface area contributed by atoms with Crippen LogP contribution in [-0.2, 0) is 0 Å². The maximum atomic E-state index is 13.6. The molecule has 88 valence electrons. The highest BCUT2D eigenvalue weighted by Crippen LogP contribution is 2.25. The van der Waals surface area contributed by atoms with E-state index in [9.17, 15) is 8.78 Å². The van der Waals surface area contributed by atoms with E-state index < -0.39 is 11.6 Å². The molecule has 0 atom stereocenters. The maximum absolute atomic E-state index is 13.6. The number of halogens is 2. The van der Waals surface area contributed by atoms with Crippen molar-refractivity contribution < 1.29 is 8.78 Å². The molecule has 0 radical (unpaired) electrons. The van der Waals surface area contributed by atoms with Crippen LogP contribution in [0.2, 0.25) is 0 Å². The summed E-state index contributed by atoms with van der Waals surface area (Å²) in [5.41, 5.74) is 11.6. The van der Waals surface area contributed by atoms with E-state index in [1.54, 1.807) is 0 Å². The van der Waals surface area contributed by atoms with Crippen molar-refractivity contribution in [2.75, 3.05) is 11.5 Å². The molecule has 0 unspecified atom stereocenters. The summed E-state index contributed by atoms with van der Waals surface area (Å²) in [6, 6.07) is 3.54. The highest BCUT2D eigenvalue weighted by Gasteiger charge is 2.11. The molecular formula is C11H10F2N4. The van der Waals surface area contributed by atoms with E-state index in [-0.39, 0.29) is 23.0 Å². The second-order valence-corrected chi connectivity index (χ2v) is 3.62. The van der Waals surface area contributed by atoms with E-state index in [2.05, 4.69) is 9.97 Å². The van der Waals surface area contributed by atoms with Crippen LogP contribution in [0.5, 0.6) is 0 Å². The molecule has 4 nitrogen and oxygen atoms in total. The summed E-state index contributed by atoms with van der Waals surface area (Å²) in [7, 11) is 0. The predicted octanol–water partition coefficient (Wildman–Crippen LogP) is 1.89. The molecule has 1 aromatic carbocycles. The summed E-state index contributed by atoms with van der Waals surface area (Å²) in [6.07, 6.45) is 0. The summed E-state index contributed by atoms with van der Waals surface area (Å²) >= 11 is 0. The number of aromatic nitrogens is 2. The van der Waals surface area contributed by atoms with Crippen molar-refractivity contribution in [1.82, 2.24) is 9.97 Å². The molecule has 4 N–H and O–H groups in total. The number of nitrogens with two attached hydrogens (primary N) is 2. The van der Waals surface area contributed by atoms with Gasteiger partial charge in [0.05, 0.1) is 5.69 Å². The van der Waals surface area contributed by atoms with Gasteiger partial charge in [0.1, 0.15) is 17.5 Å². The molecule has 0 spiro atoms. The highest BCUT2D eigenvalue weighted by atomic mass is 19.1. The molecule has 1 aromatic heterocycles. The number of nitrogens with zero attached hydrogens (tertiary/aromatic N) is 2. The molecule has 0 aliphatic heterocycles. The van der Waals surface area contributed by atoms with Crippen LogP contribution in [0.3, 0.4) is 0 Å². The molecule has 17 heavy (non-hydrogen) atoms. The smallest absolute Gasteiger partial charge is 0.222 e. The van der Waals surface area contributed by atoms with Gasteiger partial charge in [-0.1, -0.05) is 0 Å². The van der Waals surface area contributed by atoms with Crippen LogP contribution >= 0.6 is 0 Å². The Morgan fingerprint density at radius 1 is 1.00 bits per heavy atom. The number of aryl methyl sites for hydroxylation is 1. The minimum absolute atomic E-state index is 0.0543. The van der Waals surface area contributed by atoms with Crippen LogP contribution in [0.15, 0.2) is 18.2 Å². The first-order chi connectivity index (χ1) is 7.97. The average molecular weight is 236 g/mol. The topological polar surface area (TPSA) is 77.8 Å². The number of hydrogen-bond acceptors (Lipinski definition) is 4. The molecule has 0 bridgehead atoms. The largest absolute Gasteiger partial charge is 0.384 e. The van der Waals surface area contributed by atoms with Gasteiger partial charge in [0, 0.05) is 17.7 Å². The minimum Gasteiger partial charge on any atom is -0.384 e. The van der Waals surface area contributed by atoms with Gasteiger partial charge in [0.25, 0.3) is 0 Å². The third kappa shape index (κ3) is 2.15. The maximum Gasteiger partial charge on any atom is 0.222 e. The Morgan fingerprint density at radius 3 is 2.35 bits per heavy atom. The number of rotatable bonds is 1. The lowest BCUT2D eigenvalue weighted by Crippen LogP contribution is -2.01. The molecular weight excluding hydrogens is 226 g/mol. The fraction of sp³-hybridized carbons (Fsp3) is 0.0909. The van der Waals surface area contributed by atoms with Gasteiger partial charge in [-0.3, -0.25) is 0 Å². The van der Waals surface area contributed by atoms with Gasteiger partial charge in [-0.15, -0.1) is 0 Å². The van der Waals surface area contributed by atoms with Crippen LogP contribution in [0.25, 0.3) is 11.3 Å². The molecule has 2 aromatic rings. The van der Waals surface area contributed by atoms with Gasteiger partial charge in [-0.2, -0.15) is 4.98 Å². The third-order valence-electron chi connectivity index (χ3n) is 2.29. The minimum atomic E-state index is -0.717. The zero-order valence-electron chi connectivity index (χ0n) is 9.04. The first-order valence-corrected chi connectivity index (χ1v) is 4.83. The summed E-state index contributed by atoms with van der Waals surface area (Å²) < 4.78 is 26.7. The molecule has 0 saturated carbocycles. The molecule has 0 saturated heterocycles. The lowest BCUT2D eigenvalue weighted by atomic mass is 10.1. The van der Waals surface area contributed by atoms with Crippen LogP contribution in [0.1, 0.15) is 5.56 Å². The zero-order chi connectivity index (χ0) is 12.6. The van der Waals surface area contributed by atoms with E-state index in [0.29, 0.717) is 5.56 Å². The van der Waals surface area contributed by atoms with Gasteiger partial charge in [0.2, 0.25) is 5.95 Å². The lowest BCUT2D eigenvalue weighted by molar-refractivity contribution is 0.579. The monoisotopic (exact) mass is 236 g/mol. The second-order valence-electron chi connectivity index (χ2n) is 3.62. The van der Waals surface area contributed by atoms with Crippen molar-refractivity contribution in [2.24, 2.45) is 0 Å². The predicted molar refractivity (Wildman–Crippen MR) is 60.9 cm³/mol. The summed E-state index contributed by atoms with van der Waals surface area (Å²) in [6.45, 7) is 1.53. The molecule has 0 fully saturated rings. The van der Waals surface area contributed by atoms with Crippen molar-refractivity contribution in [3.63, 3.8) is 0 Å². The number of benzene rings is 1. The summed E-state index contributed by atoms with van der Waals surface area (Å²) in [4.78, 5) is 7.54. The van der Waals surface area contributed by atoms with Crippen LogP contribution in [-0.4, -0.2) is 9.97 Å². The zero-order valence-corrected chi connectivity index (χ0v) is 9.04. The number of nitrogen functional groups attached to an aromatic ring is 2. The molecule has 0 aliphatic carbocycles. The highest BCUT2D eigenvalue weighted by molar-refractivity contribution is 5.64. The van der Waals surface area contributed by atoms with E-state index in [4.69, 9.17) is 11.5 Å². The summed E-state index contributed by atoms with van der Waals surface area (Å²) in [5.74, 6) is -1.25. The van der Waals surface area contributed by atoms with Crippen molar-refractivity contribution >= 4 is 11.8 Å². The molecule has 2 rings (SSSR count). The first kappa shape index (κ1) is 11.3. The fourth-order valence-electron chi connectivity index (χ4n) is 1.48. The van der Waals surface area contributed by atoms with Crippen molar-refractivity contribution in [3.8, 4) is 11.3 Å². The normalized spacial score (nSPS) is 10.5. The Hall–Kier alpha value is -2.24. The Kier molecular flexibility index (Phi) is 2.63. The van der Waals surface area contributed by atoms with Gasteiger partial charge < -0.3 is 11.5 Å². The quantitative estimate of drug-likeness (QED) is 0.792. The summed E-state index contributed by atoms with van der Waals surface area (Å²) in [5, 5.41) is 0. The Morgan fingerprint density at radius 2 is 1.71 bits per heavy atom. The lowest BCUT2D eigenvalue weighted by Gasteiger charge is -2.06. The standard InChI is InChI=1S/C11H10F2N4/c1-5-2-6(8(13)3-7(5)12)9-4-10(14)17-11(15)16-9/h2-4H,1H3,(H4,14,15,16,17). The molecule has 0 amide bonds. The van der Waals surface area contributed by atoms with Crippen molar-refractivity contribution in [3.05, 3.63) is 35.4 Å². The Balaban J connectivity index is 2.64. The van der Waals surface area contributed by atoms with E-state index in [1.165, 1.54) is 19.1 Å². The van der Waals surface area contributed by atoms with Crippen molar-refractivity contribution in [2.45, 2.75) is 6.92 Å². The molecule has 0 aliphatic rings. The first-order valence-electron chi connectivity index (χ1n) is 4.83. The van der Waals surface area contributed by atoms with Gasteiger partial charge in [-0.05, 0) is 18.6 Å². The van der Waals surface area contributed by atoms with Crippen molar-refractivity contribution in [1.29, 1.82) is 0 Å².